The maximum absolute atomic E-state index is 6.02. The van der Waals surface area contributed by atoms with E-state index in [1.807, 2.05) is 27.7 Å². The van der Waals surface area contributed by atoms with Crippen molar-refractivity contribution in [2.75, 3.05) is 54.9 Å². The van der Waals surface area contributed by atoms with Gasteiger partial charge in [-0.1, -0.05) is 0 Å². The van der Waals surface area contributed by atoms with Gasteiger partial charge in [0.25, 0.3) is 0 Å². The van der Waals surface area contributed by atoms with Crippen LogP contribution in [-0.4, -0.2) is 79.3 Å². The molecule has 0 aliphatic rings. The van der Waals surface area contributed by atoms with Crippen molar-refractivity contribution >= 4 is 0 Å². The molecule has 0 aliphatic carbocycles. The average molecular weight is 448 g/mol. The van der Waals surface area contributed by atoms with Crippen LogP contribution in [0.1, 0.15) is 27.7 Å². The van der Waals surface area contributed by atoms with E-state index in [2.05, 4.69) is 0 Å². The fourth-order valence-electron chi connectivity index (χ4n) is 1.40. The van der Waals surface area contributed by atoms with Gasteiger partial charge in [0.2, 0.25) is 0 Å². The molecule has 9 heteroatoms. The predicted octanol–water partition coefficient (Wildman–Crippen LogP) is 2.01. The van der Waals surface area contributed by atoms with Gasteiger partial charge in [0.15, 0.2) is 0 Å². The molecule has 0 amide bonds. The van der Waals surface area contributed by atoms with Gasteiger partial charge < -0.3 is 0 Å². The standard InChI is InChI=1S/4C4H9O2.Zr/c4*1-4(3-5)6-2;/h4*4H,3H2,1-2H3;/q4*-1;+4. The van der Waals surface area contributed by atoms with Crippen LogP contribution in [0.15, 0.2) is 0 Å². The van der Waals surface area contributed by atoms with Gasteiger partial charge in [-0.25, -0.2) is 0 Å². The molecule has 0 radical (unpaired) electrons. The number of hydrogen-bond donors (Lipinski definition) is 0. The van der Waals surface area contributed by atoms with Crippen LogP contribution in [0.25, 0.3) is 0 Å². The van der Waals surface area contributed by atoms with Gasteiger partial charge in [-0.2, -0.15) is 0 Å². The molecule has 8 nitrogen and oxygen atoms in total. The molecular weight excluding hydrogens is 411 g/mol. The second-order valence-electron chi connectivity index (χ2n) is 5.93. The number of ether oxygens (including phenoxy) is 4. The molecular formula is C16H36O8Zr. The van der Waals surface area contributed by atoms with E-state index in [0.29, 0.717) is 26.4 Å². The van der Waals surface area contributed by atoms with E-state index < -0.39 is 22.0 Å². The molecule has 25 heavy (non-hydrogen) atoms. The van der Waals surface area contributed by atoms with Crippen LogP contribution < -0.4 is 0 Å². The Labute approximate surface area is 159 Å². The Bertz CT molecular complexity index is 259. The van der Waals surface area contributed by atoms with Crippen molar-refractivity contribution < 1.29 is 52.2 Å². The minimum absolute atomic E-state index is 0.105. The predicted molar refractivity (Wildman–Crippen MR) is 89.7 cm³/mol. The Morgan fingerprint density at radius 3 is 0.840 bits per heavy atom. The Balaban J connectivity index is 5.11. The third-order valence-corrected chi connectivity index (χ3v) is 8.70. The quantitative estimate of drug-likeness (QED) is 0.356. The van der Waals surface area contributed by atoms with E-state index in [1.165, 1.54) is 0 Å². The van der Waals surface area contributed by atoms with Gasteiger partial charge in [0.05, 0.1) is 0 Å². The molecule has 0 saturated carbocycles. The summed E-state index contributed by atoms with van der Waals surface area (Å²) in [6, 6.07) is 0. The summed E-state index contributed by atoms with van der Waals surface area (Å²) in [5, 5.41) is 0. The third-order valence-electron chi connectivity index (χ3n) is 3.59. The molecule has 0 aromatic rings. The minimum atomic E-state index is -4.32. The van der Waals surface area contributed by atoms with Crippen molar-refractivity contribution in [3.8, 4) is 0 Å². The summed E-state index contributed by atoms with van der Waals surface area (Å²) in [7, 11) is 6.50. The van der Waals surface area contributed by atoms with Crippen LogP contribution in [-0.2, 0) is 52.2 Å². The monoisotopic (exact) mass is 446 g/mol. The van der Waals surface area contributed by atoms with Gasteiger partial charge in [-0.15, -0.1) is 0 Å². The number of methoxy groups -OCH3 is 4. The molecule has 0 bridgehead atoms. The molecule has 4 unspecified atom stereocenters. The molecule has 0 aromatic carbocycles. The molecule has 0 N–H and O–H groups in total. The van der Waals surface area contributed by atoms with E-state index in [0.717, 1.165) is 0 Å². The van der Waals surface area contributed by atoms with Crippen LogP contribution in [0.4, 0.5) is 0 Å². The molecule has 0 aromatic heterocycles. The van der Waals surface area contributed by atoms with E-state index in [9.17, 15) is 0 Å². The van der Waals surface area contributed by atoms with Crippen molar-refractivity contribution in [1.29, 1.82) is 0 Å². The molecule has 0 heterocycles. The van der Waals surface area contributed by atoms with Crippen molar-refractivity contribution in [3.63, 3.8) is 0 Å². The SMILES string of the molecule is COC(C)C[O][Zr]([O]CC(C)OC)([O]CC(C)OC)[O]CC(C)OC. The van der Waals surface area contributed by atoms with E-state index in [4.69, 9.17) is 30.2 Å². The van der Waals surface area contributed by atoms with E-state index in [1.54, 1.807) is 28.4 Å². The fourth-order valence-corrected chi connectivity index (χ4v) is 6.94. The van der Waals surface area contributed by atoms with E-state index in [-0.39, 0.29) is 24.4 Å². The van der Waals surface area contributed by atoms with Crippen molar-refractivity contribution in [1.82, 2.24) is 0 Å². The second-order valence-corrected chi connectivity index (χ2v) is 11.2. The Morgan fingerprint density at radius 1 is 0.480 bits per heavy atom. The summed E-state index contributed by atoms with van der Waals surface area (Å²) in [5.41, 5.74) is 0. The molecule has 0 fully saturated rings. The number of hydrogen-bond acceptors (Lipinski definition) is 8. The van der Waals surface area contributed by atoms with Crippen LogP contribution in [0.2, 0.25) is 0 Å². The van der Waals surface area contributed by atoms with Gasteiger partial charge in [-0.05, 0) is 0 Å². The summed E-state index contributed by atoms with van der Waals surface area (Å²) in [6.45, 7) is 8.89. The van der Waals surface area contributed by atoms with Crippen LogP contribution in [0.3, 0.4) is 0 Å². The fraction of sp³-hybridized carbons (Fsp3) is 1.00. The first-order chi connectivity index (χ1) is 11.8. The van der Waals surface area contributed by atoms with Crippen molar-refractivity contribution in [2.45, 2.75) is 52.1 Å². The van der Waals surface area contributed by atoms with Crippen molar-refractivity contribution in [3.05, 3.63) is 0 Å². The summed E-state index contributed by atoms with van der Waals surface area (Å²) in [6.07, 6.45) is -0.421. The summed E-state index contributed by atoms with van der Waals surface area (Å²) >= 11 is -4.32. The van der Waals surface area contributed by atoms with Gasteiger partial charge >= 0.3 is 159 Å². The van der Waals surface area contributed by atoms with Crippen LogP contribution in [0, 0.1) is 0 Å². The van der Waals surface area contributed by atoms with Gasteiger partial charge in [0, 0.05) is 0 Å². The zero-order valence-electron chi connectivity index (χ0n) is 16.9. The Hall–Kier alpha value is 0.563. The molecule has 0 rings (SSSR count). The Morgan fingerprint density at radius 2 is 0.680 bits per heavy atom. The van der Waals surface area contributed by atoms with E-state index >= 15 is 0 Å². The summed E-state index contributed by atoms with van der Waals surface area (Å²) < 4.78 is 45.1. The van der Waals surface area contributed by atoms with Crippen LogP contribution in [0.5, 0.6) is 0 Å². The van der Waals surface area contributed by atoms with Gasteiger partial charge in [0.1, 0.15) is 0 Å². The third kappa shape index (κ3) is 11.8. The zero-order chi connectivity index (χ0) is 19.3. The zero-order valence-corrected chi connectivity index (χ0v) is 19.4. The van der Waals surface area contributed by atoms with Crippen molar-refractivity contribution in [2.24, 2.45) is 0 Å². The topological polar surface area (TPSA) is 73.8 Å². The summed E-state index contributed by atoms with van der Waals surface area (Å²) in [5.74, 6) is 0. The molecule has 152 valence electrons. The van der Waals surface area contributed by atoms with Crippen LogP contribution >= 0.6 is 0 Å². The first-order valence-corrected chi connectivity index (χ1v) is 12.5. The normalized spacial score (nSPS) is 19.2. The summed E-state index contributed by atoms with van der Waals surface area (Å²) in [4.78, 5) is 0. The molecule has 0 aliphatic heterocycles. The first kappa shape index (κ1) is 25.6. The molecule has 0 saturated heterocycles. The first-order valence-electron chi connectivity index (χ1n) is 8.49. The Kier molecular flexibility index (Phi) is 14.9. The van der Waals surface area contributed by atoms with Gasteiger partial charge in [-0.3, -0.25) is 0 Å². The second kappa shape index (κ2) is 14.6. The molecule has 0 spiro atoms. The maximum atomic E-state index is 6.02. The molecule has 4 atom stereocenters. The number of rotatable bonds is 16. The average Bonchev–Trinajstić information content (AvgIpc) is 2.65.